The summed E-state index contributed by atoms with van der Waals surface area (Å²) in [6, 6.07) is 5.32. The molecule has 1 atom stereocenters. The van der Waals surface area contributed by atoms with Crippen LogP contribution in [0.2, 0.25) is 0 Å². The molecule has 0 radical (unpaired) electrons. The number of ether oxygens (including phenoxy) is 1. The van der Waals surface area contributed by atoms with E-state index in [1.807, 2.05) is 0 Å². The predicted octanol–water partition coefficient (Wildman–Crippen LogP) is 2.31. The number of hydrogen-bond acceptors (Lipinski definition) is 5. The molecule has 0 saturated carbocycles. The summed E-state index contributed by atoms with van der Waals surface area (Å²) >= 11 is 0. The first-order chi connectivity index (χ1) is 9.72. The van der Waals surface area contributed by atoms with Gasteiger partial charge in [-0.2, -0.15) is 0 Å². The van der Waals surface area contributed by atoms with E-state index in [1.54, 1.807) is 0 Å². The number of rotatable bonds is 3. The molecule has 1 aromatic carbocycles. The third-order valence-corrected chi connectivity index (χ3v) is 2.95. The molecule has 7 heteroatoms. The third-order valence-electron chi connectivity index (χ3n) is 2.95. The van der Waals surface area contributed by atoms with Crippen molar-refractivity contribution in [1.82, 2.24) is 10.2 Å². The first-order valence-electron chi connectivity index (χ1n) is 6.24. The van der Waals surface area contributed by atoms with Crippen LogP contribution in [-0.2, 0) is 4.74 Å². The van der Waals surface area contributed by atoms with E-state index >= 15 is 0 Å². The highest BCUT2D eigenvalue weighted by atomic mass is 19.1. The number of anilines is 1. The Kier molecular flexibility index (Phi) is 3.42. The Morgan fingerprint density at radius 2 is 2.30 bits per heavy atom. The van der Waals surface area contributed by atoms with Crippen LogP contribution < -0.4 is 5.32 Å². The van der Waals surface area contributed by atoms with E-state index in [9.17, 15) is 9.18 Å². The van der Waals surface area contributed by atoms with Gasteiger partial charge >= 0.3 is 6.01 Å². The zero-order valence-electron chi connectivity index (χ0n) is 10.5. The van der Waals surface area contributed by atoms with Gasteiger partial charge in [0.15, 0.2) is 0 Å². The predicted molar refractivity (Wildman–Crippen MR) is 66.6 cm³/mol. The second-order valence-electron chi connectivity index (χ2n) is 4.41. The monoisotopic (exact) mass is 277 g/mol. The van der Waals surface area contributed by atoms with E-state index in [-0.39, 0.29) is 17.7 Å². The van der Waals surface area contributed by atoms with Crippen LogP contribution in [-0.4, -0.2) is 22.7 Å². The second-order valence-corrected chi connectivity index (χ2v) is 4.41. The molecule has 0 spiro atoms. The number of nitrogens with one attached hydrogen (secondary N) is 1. The molecule has 104 valence electrons. The van der Waals surface area contributed by atoms with Crippen LogP contribution in [0.15, 0.2) is 28.7 Å². The van der Waals surface area contributed by atoms with Crippen molar-refractivity contribution in [2.24, 2.45) is 0 Å². The summed E-state index contributed by atoms with van der Waals surface area (Å²) in [4.78, 5) is 11.9. The maximum Gasteiger partial charge on any atom is 0.322 e. The zero-order valence-corrected chi connectivity index (χ0v) is 10.5. The van der Waals surface area contributed by atoms with Crippen molar-refractivity contribution in [2.75, 3.05) is 11.9 Å². The Balaban J connectivity index is 1.70. The molecule has 0 aliphatic carbocycles. The standard InChI is InChI=1S/C13H12FN3O3/c14-9-4-1-3-8(7-9)11(18)15-13-17-16-12(20-13)10-5-2-6-19-10/h1,3-4,7,10H,2,5-6H2,(H,15,17,18)/t10-/m1/s1. The third kappa shape index (κ3) is 2.67. The molecule has 1 N–H and O–H groups in total. The molecule has 1 aliphatic heterocycles. The fourth-order valence-corrected chi connectivity index (χ4v) is 1.99. The molecule has 6 nitrogen and oxygen atoms in total. The van der Waals surface area contributed by atoms with Gasteiger partial charge in [-0.25, -0.2) is 4.39 Å². The molecule has 1 saturated heterocycles. The van der Waals surface area contributed by atoms with Crippen molar-refractivity contribution in [3.63, 3.8) is 0 Å². The first kappa shape index (κ1) is 12.7. The van der Waals surface area contributed by atoms with Crippen LogP contribution in [0.4, 0.5) is 10.4 Å². The summed E-state index contributed by atoms with van der Waals surface area (Å²) in [6.45, 7) is 0.665. The first-order valence-corrected chi connectivity index (χ1v) is 6.24. The van der Waals surface area contributed by atoms with Crippen molar-refractivity contribution in [3.05, 3.63) is 41.5 Å². The minimum atomic E-state index is -0.507. The molecule has 1 aromatic heterocycles. The van der Waals surface area contributed by atoms with Crippen molar-refractivity contribution in [1.29, 1.82) is 0 Å². The summed E-state index contributed by atoms with van der Waals surface area (Å²) in [5.41, 5.74) is 0.182. The number of benzene rings is 1. The maximum absolute atomic E-state index is 13.0. The summed E-state index contributed by atoms with van der Waals surface area (Å²) in [6.07, 6.45) is 1.56. The zero-order chi connectivity index (χ0) is 13.9. The number of hydrogen-bond donors (Lipinski definition) is 1. The molecule has 0 unspecified atom stereocenters. The van der Waals surface area contributed by atoms with Crippen LogP contribution in [0.3, 0.4) is 0 Å². The number of amides is 1. The van der Waals surface area contributed by atoms with E-state index in [1.165, 1.54) is 18.2 Å². The van der Waals surface area contributed by atoms with Crippen LogP contribution in [0.5, 0.6) is 0 Å². The summed E-state index contributed by atoms with van der Waals surface area (Å²) < 4.78 is 23.7. The normalized spacial score (nSPS) is 18.1. The Morgan fingerprint density at radius 3 is 3.05 bits per heavy atom. The molecule has 3 rings (SSSR count). The Bertz CT molecular complexity index is 623. The number of carbonyl (C=O) groups excluding carboxylic acids is 1. The average Bonchev–Trinajstić information content (AvgIpc) is 3.08. The minimum absolute atomic E-state index is 0.0234. The van der Waals surface area contributed by atoms with Gasteiger partial charge in [-0.05, 0) is 31.0 Å². The Hall–Kier alpha value is -2.28. The molecule has 1 amide bonds. The highest BCUT2D eigenvalue weighted by Gasteiger charge is 2.24. The SMILES string of the molecule is O=C(Nc1nnc([C@H]2CCCO2)o1)c1cccc(F)c1. The summed E-state index contributed by atoms with van der Waals surface area (Å²) in [7, 11) is 0. The topological polar surface area (TPSA) is 77.2 Å². The highest BCUT2D eigenvalue weighted by molar-refractivity contribution is 6.03. The molecule has 2 heterocycles. The number of carbonyl (C=O) groups is 1. The van der Waals surface area contributed by atoms with Gasteiger partial charge in [0.05, 0.1) is 0 Å². The van der Waals surface area contributed by atoms with Gasteiger partial charge in [0, 0.05) is 12.2 Å². The van der Waals surface area contributed by atoms with Gasteiger partial charge in [-0.3, -0.25) is 10.1 Å². The quantitative estimate of drug-likeness (QED) is 0.931. The number of aromatic nitrogens is 2. The fraction of sp³-hybridized carbons (Fsp3) is 0.308. The van der Waals surface area contributed by atoms with Crippen molar-refractivity contribution >= 4 is 11.9 Å². The molecular formula is C13H12FN3O3. The lowest BCUT2D eigenvalue weighted by molar-refractivity contribution is 0.0893. The van der Waals surface area contributed by atoms with E-state index < -0.39 is 11.7 Å². The summed E-state index contributed by atoms with van der Waals surface area (Å²) in [5, 5.41) is 9.99. The molecule has 1 fully saturated rings. The van der Waals surface area contributed by atoms with E-state index in [4.69, 9.17) is 9.15 Å². The van der Waals surface area contributed by atoms with Gasteiger partial charge in [0.2, 0.25) is 5.89 Å². The van der Waals surface area contributed by atoms with Gasteiger partial charge in [0.1, 0.15) is 11.9 Å². The van der Waals surface area contributed by atoms with Crippen molar-refractivity contribution in [3.8, 4) is 0 Å². The lowest BCUT2D eigenvalue weighted by atomic mass is 10.2. The van der Waals surface area contributed by atoms with Crippen molar-refractivity contribution in [2.45, 2.75) is 18.9 Å². The van der Waals surface area contributed by atoms with Crippen LogP contribution in [0.25, 0.3) is 0 Å². The molecule has 2 aromatic rings. The maximum atomic E-state index is 13.0. The average molecular weight is 277 g/mol. The lowest BCUT2D eigenvalue weighted by Gasteiger charge is -2.02. The lowest BCUT2D eigenvalue weighted by Crippen LogP contribution is -2.12. The van der Waals surface area contributed by atoms with Gasteiger partial charge in [-0.15, -0.1) is 5.10 Å². The molecular weight excluding hydrogens is 265 g/mol. The van der Waals surface area contributed by atoms with E-state index in [2.05, 4.69) is 15.5 Å². The number of nitrogens with zero attached hydrogens (tertiary/aromatic N) is 2. The Labute approximate surface area is 113 Å². The van der Waals surface area contributed by atoms with E-state index in [0.29, 0.717) is 12.5 Å². The summed E-state index contributed by atoms with van der Waals surface area (Å²) in [5.74, 6) is -0.646. The second kappa shape index (κ2) is 5.38. The molecule has 1 aliphatic rings. The fourth-order valence-electron chi connectivity index (χ4n) is 1.99. The highest BCUT2D eigenvalue weighted by Crippen LogP contribution is 2.28. The molecule has 20 heavy (non-hydrogen) atoms. The number of halogens is 1. The van der Waals surface area contributed by atoms with Gasteiger partial charge in [-0.1, -0.05) is 11.2 Å². The largest absolute Gasteiger partial charge is 0.405 e. The Morgan fingerprint density at radius 1 is 1.40 bits per heavy atom. The molecule has 0 bridgehead atoms. The van der Waals surface area contributed by atoms with Crippen LogP contribution in [0.1, 0.15) is 35.2 Å². The smallest absolute Gasteiger partial charge is 0.322 e. The van der Waals surface area contributed by atoms with Crippen LogP contribution >= 0.6 is 0 Å². The van der Waals surface area contributed by atoms with Gasteiger partial charge < -0.3 is 9.15 Å². The minimum Gasteiger partial charge on any atom is -0.405 e. The van der Waals surface area contributed by atoms with Crippen LogP contribution in [0, 0.1) is 5.82 Å². The van der Waals surface area contributed by atoms with Crippen molar-refractivity contribution < 1.29 is 18.3 Å². The van der Waals surface area contributed by atoms with Gasteiger partial charge in [0.25, 0.3) is 5.91 Å². The van der Waals surface area contributed by atoms with E-state index in [0.717, 1.165) is 18.9 Å².